The molecule has 2 heterocycles. The third-order valence-corrected chi connectivity index (χ3v) is 0.499. The van der Waals surface area contributed by atoms with Crippen molar-refractivity contribution in [2.24, 2.45) is 0 Å². The zero-order chi connectivity index (χ0) is 7.07. The highest BCUT2D eigenvalue weighted by molar-refractivity contribution is 4.24. The first kappa shape index (κ1) is 6.26. The van der Waals surface area contributed by atoms with Gasteiger partial charge in [0, 0.05) is 0 Å². The average molecular weight is 141 g/mol. The number of hydrogen-bond donors (Lipinski definition) is 1. The minimum absolute atomic E-state index is 1.15. The standard InChI is InChI=1S/CH2N4.CHN3O/c1-2-4-5-3-1;1-2-3-4-5-1/h1H,(H,2,3,4,5);1H. The smallest absolute Gasteiger partial charge is 0.235 e. The predicted octanol–water partition coefficient (Wildman–Crippen LogP) is -1.34. The molecule has 52 valence electrons. The number of aromatic amines is 1. The van der Waals surface area contributed by atoms with Gasteiger partial charge in [0.05, 0.1) is 5.27 Å². The Morgan fingerprint density at radius 2 is 2.20 bits per heavy atom. The molecule has 2 rings (SSSR count). The van der Waals surface area contributed by atoms with Gasteiger partial charge in [-0.2, -0.15) is 0 Å². The van der Waals surface area contributed by atoms with Gasteiger partial charge in [0.15, 0.2) is 0 Å². The largest absolute Gasteiger partial charge is 0.324 e. The summed E-state index contributed by atoms with van der Waals surface area (Å²) in [4.78, 5) is 0. The highest BCUT2D eigenvalue weighted by atomic mass is 16.5. The molecule has 2 aromatic rings. The lowest BCUT2D eigenvalue weighted by Crippen LogP contribution is -1.64. The summed E-state index contributed by atoms with van der Waals surface area (Å²) in [7, 11) is 0. The molecule has 0 aliphatic carbocycles. The van der Waals surface area contributed by atoms with E-state index in [1.807, 2.05) is 0 Å². The molecule has 0 bridgehead atoms. The fourth-order valence-electron chi connectivity index (χ4n) is 0.235. The molecular weight excluding hydrogens is 138 g/mol. The lowest BCUT2D eigenvalue weighted by atomic mass is 11.4. The summed E-state index contributed by atoms with van der Waals surface area (Å²) in [6, 6.07) is 0. The number of aromatic nitrogens is 7. The van der Waals surface area contributed by atoms with Gasteiger partial charge in [-0.15, -0.1) is 5.10 Å². The van der Waals surface area contributed by atoms with E-state index in [0.29, 0.717) is 0 Å². The van der Waals surface area contributed by atoms with Gasteiger partial charge in [0.1, 0.15) is 6.33 Å². The first-order valence-corrected chi connectivity index (χ1v) is 2.25. The van der Waals surface area contributed by atoms with Crippen LogP contribution in [0.3, 0.4) is 0 Å². The first-order valence-electron chi connectivity index (χ1n) is 2.25. The minimum atomic E-state index is 1.15. The lowest BCUT2D eigenvalue weighted by Gasteiger charge is -1.42. The summed E-state index contributed by atoms with van der Waals surface area (Å²) in [6.45, 7) is 0. The molecule has 0 unspecified atom stereocenters. The highest BCUT2D eigenvalue weighted by Crippen LogP contribution is 1.55. The van der Waals surface area contributed by atoms with Gasteiger partial charge in [0.2, 0.25) is 6.39 Å². The van der Waals surface area contributed by atoms with Crippen LogP contribution in [-0.2, 0) is 0 Å². The minimum Gasteiger partial charge on any atom is -0.324 e. The molecule has 0 fully saturated rings. The van der Waals surface area contributed by atoms with Crippen molar-refractivity contribution in [2.75, 3.05) is 0 Å². The van der Waals surface area contributed by atoms with Crippen LogP contribution in [0.15, 0.2) is 17.2 Å². The predicted molar refractivity (Wildman–Crippen MR) is 26.3 cm³/mol. The molecule has 1 N–H and O–H groups in total. The van der Waals surface area contributed by atoms with E-state index in [0.717, 1.165) is 6.39 Å². The van der Waals surface area contributed by atoms with Crippen molar-refractivity contribution < 1.29 is 4.52 Å². The highest BCUT2D eigenvalue weighted by Gasteiger charge is 1.62. The molecule has 0 aliphatic rings. The normalized spacial score (nSPS) is 8.00. The maximum Gasteiger partial charge on any atom is 0.235 e. The van der Waals surface area contributed by atoms with E-state index < -0.39 is 0 Å². The lowest BCUT2D eigenvalue weighted by molar-refractivity contribution is 0.392. The van der Waals surface area contributed by atoms with Gasteiger partial charge in [0.25, 0.3) is 0 Å². The first-order chi connectivity index (χ1) is 5.00. The number of tetrazole rings is 1. The topological polar surface area (TPSA) is 106 Å². The molecule has 0 saturated heterocycles. The fourth-order valence-corrected chi connectivity index (χ4v) is 0.235. The van der Waals surface area contributed by atoms with Crippen molar-refractivity contribution in [3.63, 3.8) is 0 Å². The Hall–Kier alpha value is -1.86. The number of hydrogen-bond acceptors (Lipinski definition) is 7. The molecule has 0 radical (unpaired) electrons. The van der Waals surface area contributed by atoms with Gasteiger partial charge < -0.3 is 4.52 Å². The monoisotopic (exact) mass is 141 g/mol. The summed E-state index contributed by atoms with van der Waals surface area (Å²) in [5.41, 5.74) is 0. The van der Waals surface area contributed by atoms with Gasteiger partial charge in [-0.3, -0.25) is 0 Å². The SMILES string of the molecule is c1nnn[nH]1.c1nnno1. The summed E-state index contributed by atoms with van der Waals surface area (Å²) in [6.07, 6.45) is 2.56. The molecule has 10 heavy (non-hydrogen) atoms. The van der Waals surface area contributed by atoms with Crippen molar-refractivity contribution in [2.45, 2.75) is 0 Å². The Labute approximate surface area is 54.6 Å². The van der Waals surface area contributed by atoms with Crippen LogP contribution in [0.1, 0.15) is 0 Å². The third kappa shape index (κ3) is 2.45. The van der Waals surface area contributed by atoms with E-state index in [1.165, 1.54) is 6.33 Å². The number of nitrogens with one attached hydrogen (secondary N) is 1. The second kappa shape index (κ2) is 4.06. The number of nitrogens with zero attached hydrogens (tertiary/aromatic N) is 6. The van der Waals surface area contributed by atoms with Gasteiger partial charge in [-0.05, 0) is 15.6 Å². The fraction of sp³-hybridized carbons (Fsp3) is 0. The van der Waals surface area contributed by atoms with Crippen LogP contribution in [0.2, 0.25) is 0 Å². The maximum absolute atomic E-state index is 4.11. The van der Waals surface area contributed by atoms with Crippen molar-refractivity contribution in [1.82, 2.24) is 36.2 Å². The van der Waals surface area contributed by atoms with E-state index in [-0.39, 0.29) is 0 Å². The quantitative estimate of drug-likeness (QED) is 0.484. The van der Waals surface area contributed by atoms with Crippen LogP contribution in [0.5, 0.6) is 0 Å². The van der Waals surface area contributed by atoms with Gasteiger partial charge in [-0.25, -0.2) is 5.10 Å². The maximum atomic E-state index is 4.11. The summed E-state index contributed by atoms with van der Waals surface area (Å²) < 4.78 is 4.11. The molecule has 8 nitrogen and oxygen atoms in total. The molecule has 0 saturated carbocycles. The van der Waals surface area contributed by atoms with Gasteiger partial charge >= 0.3 is 0 Å². The Kier molecular flexibility index (Phi) is 2.54. The molecule has 2 aromatic heterocycles. The zero-order valence-electron chi connectivity index (χ0n) is 4.75. The van der Waals surface area contributed by atoms with E-state index >= 15 is 0 Å². The Bertz CT molecular complexity index is 151. The van der Waals surface area contributed by atoms with Crippen LogP contribution in [0.4, 0.5) is 0 Å². The zero-order valence-corrected chi connectivity index (χ0v) is 4.75. The molecule has 8 heteroatoms. The van der Waals surface area contributed by atoms with Crippen LogP contribution < -0.4 is 0 Å². The van der Waals surface area contributed by atoms with Gasteiger partial charge in [-0.1, -0.05) is 5.10 Å². The van der Waals surface area contributed by atoms with E-state index in [1.54, 1.807) is 0 Å². The summed E-state index contributed by atoms with van der Waals surface area (Å²) in [5, 5.41) is 21.3. The van der Waals surface area contributed by atoms with Crippen LogP contribution in [-0.4, -0.2) is 36.2 Å². The average Bonchev–Trinajstić information content (AvgIpc) is 2.67. The molecule has 0 aromatic carbocycles. The van der Waals surface area contributed by atoms with Crippen LogP contribution in [0.25, 0.3) is 0 Å². The molecule has 0 atom stereocenters. The summed E-state index contributed by atoms with van der Waals surface area (Å²) in [5.74, 6) is 0. The van der Waals surface area contributed by atoms with E-state index in [4.69, 9.17) is 0 Å². The number of rotatable bonds is 0. The Morgan fingerprint density at radius 3 is 2.40 bits per heavy atom. The summed E-state index contributed by atoms with van der Waals surface area (Å²) >= 11 is 0. The Balaban J connectivity index is 0.0000001000. The van der Waals surface area contributed by atoms with Crippen LogP contribution >= 0.6 is 0 Å². The molecule has 0 aliphatic heterocycles. The molecule has 0 spiro atoms. The van der Waals surface area contributed by atoms with E-state index in [2.05, 4.69) is 40.7 Å². The van der Waals surface area contributed by atoms with Crippen molar-refractivity contribution >= 4 is 0 Å². The second-order valence-corrected chi connectivity index (χ2v) is 1.06. The molecule has 0 amide bonds. The number of H-pyrrole nitrogens is 1. The Morgan fingerprint density at radius 1 is 1.20 bits per heavy atom. The van der Waals surface area contributed by atoms with Crippen molar-refractivity contribution in [3.05, 3.63) is 12.7 Å². The van der Waals surface area contributed by atoms with Crippen molar-refractivity contribution in [1.29, 1.82) is 0 Å². The second-order valence-electron chi connectivity index (χ2n) is 1.06. The van der Waals surface area contributed by atoms with Crippen molar-refractivity contribution in [3.8, 4) is 0 Å². The third-order valence-electron chi connectivity index (χ3n) is 0.499. The van der Waals surface area contributed by atoms with E-state index in [9.17, 15) is 0 Å². The molecular formula is C2H3N7O. The van der Waals surface area contributed by atoms with Crippen LogP contribution in [0, 0.1) is 0 Å².